The normalized spacial score (nSPS) is 19.4. The molecule has 2 saturated heterocycles. The second-order valence-corrected chi connectivity index (χ2v) is 12.0. The summed E-state index contributed by atoms with van der Waals surface area (Å²) in [6, 6.07) is 13.7. The van der Waals surface area contributed by atoms with Gasteiger partial charge in [0.05, 0.1) is 10.8 Å². The molecule has 10 heteroatoms. The molecule has 0 spiro atoms. The number of sulfonamides is 1. The fourth-order valence-electron chi connectivity index (χ4n) is 4.85. The monoisotopic (exact) mass is 540 g/mol. The number of hydrogen-bond acceptors (Lipinski definition) is 5. The number of nitrogens with one attached hydrogen (secondary N) is 2. The van der Waals surface area contributed by atoms with Crippen LogP contribution in [0.4, 0.5) is 11.4 Å². The van der Waals surface area contributed by atoms with Gasteiger partial charge in [0.1, 0.15) is 0 Å². The van der Waals surface area contributed by atoms with Crippen molar-refractivity contribution in [2.75, 3.05) is 29.9 Å². The number of carbonyl (C=O) groups excluding carboxylic acids is 3. The van der Waals surface area contributed by atoms with E-state index in [1.165, 1.54) is 12.1 Å². The molecule has 0 aromatic heterocycles. The van der Waals surface area contributed by atoms with E-state index in [9.17, 15) is 22.8 Å². The smallest absolute Gasteiger partial charge is 0.240 e. The van der Waals surface area contributed by atoms with Gasteiger partial charge in [0.25, 0.3) is 0 Å². The first kappa shape index (κ1) is 27.8. The summed E-state index contributed by atoms with van der Waals surface area (Å²) in [7, 11) is -3.61. The summed E-state index contributed by atoms with van der Waals surface area (Å²) >= 11 is 0. The van der Waals surface area contributed by atoms with Gasteiger partial charge in [-0.05, 0) is 69.5 Å². The lowest BCUT2D eigenvalue weighted by Gasteiger charge is -2.33. The zero-order valence-electron chi connectivity index (χ0n) is 22.1. The van der Waals surface area contributed by atoms with Crippen molar-refractivity contribution in [2.45, 2.75) is 57.4 Å². The van der Waals surface area contributed by atoms with Crippen LogP contribution < -0.4 is 14.9 Å². The molecule has 204 valence electrons. The average Bonchev–Trinajstić information content (AvgIpc) is 3.30. The highest BCUT2D eigenvalue weighted by molar-refractivity contribution is 7.89. The second-order valence-electron chi connectivity index (χ2n) is 10.3. The molecule has 2 aliphatic heterocycles. The second kappa shape index (κ2) is 11.7. The highest BCUT2D eigenvalue weighted by Gasteiger charge is 2.38. The van der Waals surface area contributed by atoms with Gasteiger partial charge in [0.2, 0.25) is 27.7 Å². The standard InChI is InChI=1S/C28H36N4O5S/c1-4-20(3)30-38(36,37)25-11-7-23(8-12-25)29-27(34)21-13-15-31(16-14-21)28(35)22-17-26(33)32(18-22)24-9-5-19(2)6-10-24/h5-12,20-22,30H,4,13-18H2,1-3H3,(H,29,34). The summed E-state index contributed by atoms with van der Waals surface area (Å²) in [4.78, 5) is 42.1. The van der Waals surface area contributed by atoms with Gasteiger partial charge < -0.3 is 15.1 Å². The molecular formula is C28H36N4O5S. The first-order valence-corrected chi connectivity index (χ1v) is 14.6. The lowest BCUT2D eigenvalue weighted by Crippen LogP contribution is -2.44. The summed E-state index contributed by atoms with van der Waals surface area (Å²) in [5.41, 5.74) is 2.44. The number of likely N-dealkylation sites (tertiary alicyclic amines) is 1. The molecule has 2 atom stereocenters. The molecule has 2 aliphatic rings. The van der Waals surface area contributed by atoms with Gasteiger partial charge in [-0.3, -0.25) is 14.4 Å². The molecule has 4 rings (SSSR count). The maximum absolute atomic E-state index is 13.1. The van der Waals surface area contributed by atoms with Crippen LogP contribution in [0.3, 0.4) is 0 Å². The number of benzene rings is 2. The van der Waals surface area contributed by atoms with E-state index in [4.69, 9.17) is 0 Å². The molecule has 3 amide bonds. The third-order valence-electron chi connectivity index (χ3n) is 7.40. The van der Waals surface area contributed by atoms with E-state index in [1.54, 1.807) is 28.9 Å². The molecule has 0 radical (unpaired) electrons. The summed E-state index contributed by atoms with van der Waals surface area (Å²) in [5, 5.41) is 2.87. The van der Waals surface area contributed by atoms with Crippen LogP contribution in [0, 0.1) is 18.8 Å². The molecule has 2 unspecified atom stereocenters. The third-order valence-corrected chi connectivity index (χ3v) is 9.00. The van der Waals surface area contributed by atoms with Crippen molar-refractivity contribution >= 4 is 39.1 Å². The molecule has 2 N–H and O–H groups in total. The molecule has 38 heavy (non-hydrogen) atoms. The number of carbonyl (C=O) groups is 3. The number of piperidine rings is 1. The van der Waals surface area contributed by atoms with Gasteiger partial charge >= 0.3 is 0 Å². The van der Waals surface area contributed by atoms with Gasteiger partial charge in [0, 0.05) is 49.4 Å². The van der Waals surface area contributed by atoms with Crippen LogP contribution in [-0.2, 0) is 24.4 Å². The van der Waals surface area contributed by atoms with Crippen molar-refractivity contribution in [2.24, 2.45) is 11.8 Å². The third kappa shape index (κ3) is 6.42. The van der Waals surface area contributed by atoms with Crippen molar-refractivity contribution in [1.82, 2.24) is 9.62 Å². The first-order chi connectivity index (χ1) is 18.1. The zero-order chi connectivity index (χ0) is 27.4. The SMILES string of the molecule is CCC(C)NS(=O)(=O)c1ccc(NC(=O)C2CCN(C(=O)C3CC(=O)N(c4ccc(C)cc4)C3)CC2)cc1. The largest absolute Gasteiger partial charge is 0.342 e. The average molecular weight is 541 g/mol. The van der Waals surface area contributed by atoms with Crippen molar-refractivity contribution in [1.29, 1.82) is 0 Å². The number of hydrogen-bond donors (Lipinski definition) is 2. The quantitative estimate of drug-likeness (QED) is 0.533. The fourth-order valence-corrected chi connectivity index (χ4v) is 6.17. The number of rotatable bonds is 8. The topological polar surface area (TPSA) is 116 Å². The Labute approximate surface area is 224 Å². The Balaban J connectivity index is 1.27. The Bertz CT molecular complexity index is 1270. The van der Waals surface area contributed by atoms with E-state index in [2.05, 4.69) is 10.0 Å². The summed E-state index contributed by atoms with van der Waals surface area (Å²) < 4.78 is 27.5. The van der Waals surface area contributed by atoms with Crippen LogP contribution in [0.25, 0.3) is 0 Å². The maximum Gasteiger partial charge on any atom is 0.240 e. The van der Waals surface area contributed by atoms with Crippen LogP contribution in [-0.4, -0.2) is 56.7 Å². The van der Waals surface area contributed by atoms with E-state index in [1.807, 2.05) is 38.1 Å². The summed E-state index contributed by atoms with van der Waals surface area (Å²) in [5.74, 6) is -0.847. The molecule has 2 fully saturated rings. The van der Waals surface area contributed by atoms with E-state index in [0.29, 0.717) is 44.6 Å². The fraction of sp³-hybridized carbons (Fsp3) is 0.464. The Morgan fingerprint density at radius 1 is 1.00 bits per heavy atom. The Morgan fingerprint density at radius 2 is 1.63 bits per heavy atom. The predicted octanol–water partition coefficient (Wildman–Crippen LogP) is 3.30. The van der Waals surface area contributed by atoms with Gasteiger partial charge in [-0.15, -0.1) is 0 Å². The lowest BCUT2D eigenvalue weighted by molar-refractivity contribution is -0.138. The van der Waals surface area contributed by atoms with E-state index >= 15 is 0 Å². The molecule has 2 heterocycles. The van der Waals surface area contributed by atoms with E-state index in [0.717, 1.165) is 11.3 Å². The van der Waals surface area contributed by atoms with Crippen molar-refractivity contribution in [3.8, 4) is 0 Å². The van der Waals surface area contributed by atoms with E-state index in [-0.39, 0.29) is 46.9 Å². The predicted molar refractivity (Wildman–Crippen MR) is 146 cm³/mol. The minimum atomic E-state index is -3.61. The van der Waals surface area contributed by atoms with Crippen LogP contribution in [0.2, 0.25) is 0 Å². The highest BCUT2D eigenvalue weighted by atomic mass is 32.2. The van der Waals surface area contributed by atoms with Gasteiger partial charge in [-0.1, -0.05) is 24.6 Å². The number of anilines is 2. The minimum absolute atomic E-state index is 0.0328. The molecule has 0 saturated carbocycles. The first-order valence-electron chi connectivity index (χ1n) is 13.2. The van der Waals surface area contributed by atoms with E-state index < -0.39 is 10.0 Å². The summed E-state index contributed by atoms with van der Waals surface area (Å²) in [6.45, 7) is 7.00. The molecular weight excluding hydrogens is 504 g/mol. The number of amides is 3. The van der Waals surface area contributed by atoms with Crippen molar-refractivity contribution in [3.05, 3.63) is 54.1 Å². The van der Waals surface area contributed by atoms with Gasteiger partial charge in [0.15, 0.2) is 0 Å². The van der Waals surface area contributed by atoms with Crippen LogP contribution >= 0.6 is 0 Å². The van der Waals surface area contributed by atoms with Gasteiger partial charge in [-0.2, -0.15) is 0 Å². The molecule has 2 aromatic carbocycles. The number of aryl methyl sites for hydroxylation is 1. The van der Waals surface area contributed by atoms with Crippen molar-refractivity contribution in [3.63, 3.8) is 0 Å². The van der Waals surface area contributed by atoms with Crippen LogP contribution in [0.5, 0.6) is 0 Å². The Hall–Kier alpha value is -3.24. The zero-order valence-corrected chi connectivity index (χ0v) is 23.0. The molecule has 0 bridgehead atoms. The molecule has 2 aromatic rings. The summed E-state index contributed by atoms with van der Waals surface area (Å²) in [6.07, 6.45) is 1.95. The maximum atomic E-state index is 13.1. The molecule has 0 aliphatic carbocycles. The number of nitrogens with zero attached hydrogens (tertiary/aromatic N) is 2. The van der Waals surface area contributed by atoms with Crippen LogP contribution in [0.1, 0.15) is 45.1 Å². The van der Waals surface area contributed by atoms with Crippen molar-refractivity contribution < 1.29 is 22.8 Å². The van der Waals surface area contributed by atoms with Crippen LogP contribution in [0.15, 0.2) is 53.4 Å². The highest BCUT2D eigenvalue weighted by Crippen LogP contribution is 2.28. The van der Waals surface area contributed by atoms with Gasteiger partial charge in [-0.25, -0.2) is 13.1 Å². The molecule has 9 nitrogen and oxygen atoms in total. The lowest BCUT2D eigenvalue weighted by atomic mass is 9.94. The Morgan fingerprint density at radius 3 is 2.24 bits per heavy atom. The Kier molecular flexibility index (Phi) is 8.52. The minimum Gasteiger partial charge on any atom is -0.342 e.